The molecule has 0 bridgehead atoms. The molecule has 3 rings (SSSR count). The monoisotopic (exact) mass is 306 g/mol. The van der Waals surface area contributed by atoms with Crippen molar-refractivity contribution in [3.63, 3.8) is 0 Å². The third kappa shape index (κ3) is 2.86. The van der Waals surface area contributed by atoms with Crippen molar-refractivity contribution in [2.24, 2.45) is 0 Å². The molecule has 1 atom stereocenters. The molecule has 1 aliphatic carbocycles. The lowest BCUT2D eigenvalue weighted by atomic mass is 10.1. The summed E-state index contributed by atoms with van der Waals surface area (Å²) >= 11 is 6.25. The molecule has 0 N–H and O–H groups in total. The van der Waals surface area contributed by atoms with Gasteiger partial charge in [-0.1, -0.05) is 12.8 Å². The summed E-state index contributed by atoms with van der Waals surface area (Å²) in [5.74, 6) is 0. The molecular weight excluding hydrogens is 284 g/mol. The highest BCUT2D eigenvalue weighted by molar-refractivity contribution is 6.20. The van der Waals surface area contributed by atoms with E-state index in [4.69, 9.17) is 16.7 Å². The first kappa shape index (κ1) is 14.6. The van der Waals surface area contributed by atoms with Gasteiger partial charge in [0.05, 0.1) is 29.4 Å². The Morgan fingerprint density at radius 2 is 2.00 bits per heavy atom. The Hall–Kier alpha value is -1.29. The summed E-state index contributed by atoms with van der Waals surface area (Å²) in [6, 6.07) is 2.70. The SMILES string of the molecule is Cc1nn(Cc2ccn(C3CCCC3)n2)c(C)c1C(C)Cl. The summed E-state index contributed by atoms with van der Waals surface area (Å²) in [4.78, 5) is 0. The molecule has 21 heavy (non-hydrogen) atoms. The van der Waals surface area contributed by atoms with Gasteiger partial charge in [0.1, 0.15) is 0 Å². The molecule has 2 heterocycles. The molecule has 2 aromatic rings. The maximum absolute atomic E-state index is 6.25. The zero-order valence-electron chi connectivity index (χ0n) is 13.0. The van der Waals surface area contributed by atoms with Gasteiger partial charge in [0.25, 0.3) is 0 Å². The van der Waals surface area contributed by atoms with Crippen LogP contribution < -0.4 is 0 Å². The van der Waals surface area contributed by atoms with Gasteiger partial charge in [-0.05, 0) is 39.7 Å². The number of hydrogen-bond acceptors (Lipinski definition) is 2. The predicted molar refractivity (Wildman–Crippen MR) is 84.8 cm³/mol. The second kappa shape index (κ2) is 5.84. The standard InChI is InChI=1S/C16H23ClN4/c1-11(17)16-12(2)18-21(13(16)3)10-14-8-9-20(19-14)15-6-4-5-7-15/h8-9,11,15H,4-7,10H2,1-3H3. The van der Waals surface area contributed by atoms with Gasteiger partial charge in [-0.2, -0.15) is 10.2 Å². The highest BCUT2D eigenvalue weighted by atomic mass is 35.5. The number of aryl methyl sites for hydroxylation is 1. The van der Waals surface area contributed by atoms with E-state index in [2.05, 4.69) is 29.0 Å². The number of rotatable bonds is 4. The van der Waals surface area contributed by atoms with E-state index in [1.807, 2.05) is 18.5 Å². The third-order valence-corrected chi connectivity index (χ3v) is 4.73. The van der Waals surface area contributed by atoms with Gasteiger partial charge < -0.3 is 0 Å². The van der Waals surface area contributed by atoms with Crippen molar-refractivity contribution in [2.45, 2.75) is 64.4 Å². The average molecular weight is 307 g/mol. The molecule has 1 aliphatic rings. The molecule has 0 aromatic carbocycles. The van der Waals surface area contributed by atoms with Crippen molar-refractivity contribution in [1.82, 2.24) is 19.6 Å². The van der Waals surface area contributed by atoms with Gasteiger partial charge in [0.15, 0.2) is 0 Å². The van der Waals surface area contributed by atoms with Gasteiger partial charge in [0.2, 0.25) is 0 Å². The summed E-state index contributed by atoms with van der Waals surface area (Å²) in [7, 11) is 0. The molecule has 0 aliphatic heterocycles. The third-order valence-electron chi connectivity index (χ3n) is 4.51. The largest absolute Gasteiger partial charge is 0.269 e. The zero-order valence-corrected chi connectivity index (χ0v) is 13.8. The number of hydrogen-bond donors (Lipinski definition) is 0. The van der Waals surface area contributed by atoms with Crippen LogP contribution in [0.25, 0.3) is 0 Å². The minimum Gasteiger partial charge on any atom is -0.269 e. The minimum absolute atomic E-state index is 0.00482. The molecule has 0 radical (unpaired) electrons. The fraction of sp³-hybridized carbons (Fsp3) is 0.625. The van der Waals surface area contributed by atoms with E-state index in [-0.39, 0.29) is 5.38 Å². The van der Waals surface area contributed by atoms with E-state index in [1.165, 1.54) is 25.7 Å². The second-order valence-corrected chi connectivity index (χ2v) is 6.74. The van der Waals surface area contributed by atoms with Gasteiger partial charge in [0, 0.05) is 17.5 Å². The Morgan fingerprint density at radius 1 is 1.29 bits per heavy atom. The lowest BCUT2D eigenvalue weighted by Crippen LogP contribution is -2.08. The van der Waals surface area contributed by atoms with Crippen LogP contribution in [-0.2, 0) is 6.54 Å². The van der Waals surface area contributed by atoms with E-state index in [9.17, 15) is 0 Å². The fourth-order valence-corrected chi connectivity index (χ4v) is 3.74. The first-order valence-electron chi connectivity index (χ1n) is 7.78. The lowest BCUT2D eigenvalue weighted by Gasteiger charge is -2.09. The van der Waals surface area contributed by atoms with Crippen molar-refractivity contribution in [2.75, 3.05) is 0 Å². The second-order valence-electron chi connectivity index (χ2n) is 6.08. The van der Waals surface area contributed by atoms with Crippen LogP contribution in [0.1, 0.15) is 66.7 Å². The molecule has 4 nitrogen and oxygen atoms in total. The summed E-state index contributed by atoms with van der Waals surface area (Å²) < 4.78 is 4.16. The van der Waals surface area contributed by atoms with E-state index in [1.54, 1.807) is 0 Å². The Kier molecular flexibility index (Phi) is 4.07. The number of alkyl halides is 1. The van der Waals surface area contributed by atoms with Gasteiger partial charge in [-0.25, -0.2) is 0 Å². The van der Waals surface area contributed by atoms with Gasteiger partial charge >= 0.3 is 0 Å². The normalized spacial score (nSPS) is 17.5. The molecule has 2 aromatic heterocycles. The first-order valence-corrected chi connectivity index (χ1v) is 8.22. The zero-order chi connectivity index (χ0) is 15.0. The van der Waals surface area contributed by atoms with Crippen LogP contribution in [0.5, 0.6) is 0 Å². The van der Waals surface area contributed by atoms with Crippen LogP contribution >= 0.6 is 11.6 Å². The molecule has 1 saturated carbocycles. The predicted octanol–water partition coefficient (Wildman–Crippen LogP) is 4.16. The van der Waals surface area contributed by atoms with Crippen molar-refractivity contribution in [3.8, 4) is 0 Å². The highest BCUT2D eigenvalue weighted by Gasteiger charge is 2.19. The van der Waals surface area contributed by atoms with Crippen molar-refractivity contribution in [3.05, 3.63) is 34.9 Å². The smallest absolute Gasteiger partial charge is 0.0853 e. The van der Waals surface area contributed by atoms with Crippen LogP contribution in [0.2, 0.25) is 0 Å². The van der Waals surface area contributed by atoms with Crippen molar-refractivity contribution in [1.29, 1.82) is 0 Å². The van der Waals surface area contributed by atoms with Crippen LogP contribution in [-0.4, -0.2) is 19.6 Å². The molecule has 1 fully saturated rings. The summed E-state index contributed by atoms with van der Waals surface area (Å²) in [5.41, 5.74) is 4.38. The Bertz CT molecular complexity index is 620. The molecule has 5 heteroatoms. The summed E-state index contributed by atoms with van der Waals surface area (Å²) in [6.07, 6.45) is 7.29. The van der Waals surface area contributed by atoms with E-state index in [0.29, 0.717) is 6.04 Å². The average Bonchev–Trinajstić information content (AvgIpc) is 3.11. The number of halogens is 1. The Morgan fingerprint density at radius 3 is 2.62 bits per heavy atom. The maximum atomic E-state index is 6.25. The molecular formula is C16H23ClN4. The summed E-state index contributed by atoms with van der Waals surface area (Å²) in [6.45, 7) is 6.82. The van der Waals surface area contributed by atoms with Gasteiger partial charge in [-0.3, -0.25) is 9.36 Å². The highest BCUT2D eigenvalue weighted by Crippen LogP contribution is 2.29. The number of aromatic nitrogens is 4. The van der Waals surface area contributed by atoms with Crippen LogP contribution in [0, 0.1) is 13.8 Å². The maximum Gasteiger partial charge on any atom is 0.0853 e. The van der Waals surface area contributed by atoms with Crippen LogP contribution in [0.15, 0.2) is 12.3 Å². The van der Waals surface area contributed by atoms with E-state index < -0.39 is 0 Å². The summed E-state index contributed by atoms with van der Waals surface area (Å²) in [5, 5.41) is 9.35. The van der Waals surface area contributed by atoms with Crippen LogP contribution in [0.4, 0.5) is 0 Å². The first-order chi connectivity index (χ1) is 10.1. The van der Waals surface area contributed by atoms with Crippen molar-refractivity contribution < 1.29 is 0 Å². The Balaban J connectivity index is 1.79. The quantitative estimate of drug-likeness (QED) is 0.795. The topological polar surface area (TPSA) is 35.6 Å². The fourth-order valence-electron chi connectivity index (χ4n) is 3.43. The Labute approximate surface area is 131 Å². The van der Waals surface area contributed by atoms with Crippen LogP contribution in [0.3, 0.4) is 0 Å². The molecule has 114 valence electrons. The van der Waals surface area contributed by atoms with Gasteiger partial charge in [-0.15, -0.1) is 11.6 Å². The van der Waals surface area contributed by atoms with Crippen molar-refractivity contribution >= 4 is 11.6 Å². The van der Waals surface area contributed by atoms with E-state index in [0.717, 1.165) is 29.2 Å². The molecule has 0 saturated heterocycles. The number of nitrogens with zero attached hydrogens (tertiary/aromatic N) is 4. The molecule has 1 unspecified atom stereocenters. The minimum atomic E-state index is -0.00482. The molecule has 0 spiro atoms. The lowest BCUT2D eigenvalue weighted by molar-refractivity contribution is 0.460. The van der Waals surface area contributed by atoms with E-state index >= 15 is 0 Å². The molecule has 0 amide bonds.